The summed E-state index contributed by atoms with van der Waals surface area (Å²) in [6.07, 6.45) is 1.33. The molecule has 6 nitrogen and oxygen atoms in total. The van der Waals surface area contributed by atoms with Crippen LogP contribution in [0, 0.1) is 5.41 Å². The van der Waals surface area contributed by atoms with Crippen LogP contribution >= 0.6 is 0 Å². The van der Waals surface area contributed by atoms with Crippen molar-refractivity contribution in [1.29, 1.82) is 0 Å². The monoisotopic (exact) mass is 485 g/mol. The average Bonchev–Trinajstić information content (AvgIpc) is 2.86. The summed E-state index contributed by atoms with van der Waals surface area (Å²) in [6.45, 7) is 6.17. The van der Waals surface area contributed by atoms with Gasteiger partial charge in [0.25, 0.3) is 0 Å². The third-order valence-corrected chi connectivity index (χ3v) is 6.91. The van der Waals surface area contributed by atoms with Crippen molar-refractivity contribution in [3.05, 3.63) is 71.3 Å². The van der Waals surface area contributed by atoms with E-state index in [2.05, 4.69) is 43.4 Å². The summed E-state index contributed by atoms with van der Waals surface area (Å²) in [6, 6.07) is 17.8. The fraction of sp³-hybridized carbons (Fsp3) is 0.333. The molecule has 1 unspecified atom stereocenters. The minimum absolute atomic E-state index is 0.117. The minimum Gasteiger partial charge on any atom is -0.493 e. The number of esters is 1. The highest BCUT2D eigenvalue weighted by Crippen LogP contribution is 2.52. The highest BCUT2D eigenvalue weighted by Gasteiger charge is 2.41. The average molecular weight is 486 g/mol. The van der Waals surface area contributed by atoms with Gasteiger partial charge in [0.2, 0.25) is 0 Å². The van der Waals surface area contributed by atoms with Crippen molar-refractivity contribution in [2.45, 2.75) is 39.7 Å². The van der Waals surface area contributed by atoms with Crippen LogP contribution in [0.2, 0.25) is 0 Å². The Morgan fingerprint density at radius 1 is 1.06 bits per heavy atom. The molecule has 1 aliphatic carbocycles. The van der Waals surface area contributed by atoms with Gasteiger partial charge in [-0.25, -0.2) is 4.79 Å². The number of benzene rings is 3. The SMILES string of the molecule is CCOC(=O)COc1ccc(C2Nc3ccc4ccccc4c3C3=C2C(=O)CC(C)(C)C3)cc1OC. The quantitative estimate of drug-likeness (QED) is 0.425. The zero-order valence-corrected chi connectivity index (χ0v) is 21.1. The summed E-state index contributed by atoms with van der Waals surface area (Å²) in [7, 11) is 1.56. The van der Waals surface area contributed by atoms with Crippen molar-refractivity contribution in [3.8, 4) is 11.5 Å². The van der Waals surface area contributed by atoms with Crippen LogP contribution in [0.3, 0.4) is 0 Å². The van der Waals surface area contributed by atoms with Crippen LogP contribution in [0.15, 0.2) is 60.2 Å². The molecule has 36 heavy (non-hydrogen) atoms. The maximum atomic E-state index is 13.6. The summed E-state index contributed by atoms with van der Waals surface area (Å²) in [5.41, 5.74) is 4.86. The first kappa shape index (κ1) is 23.9. The number of Topliss-reactive ketones (excluding diaryl/α,β-unsaturated/α-hetero) is 1. The Bertz CT molecular complexity index is 1390. The molecule has 0 amide bonds. The molecule has 6 heteroatoms. The lowest BCUT2D eigenvalue weighted by Gasteiger charge is -2.40. The number of hydrogen-bond donors (Lipinski definition) is 1. The molecule has 1 atom stereocenters. The summed E-state index contributed by atoms with van der Waals surface area (Å²) >= 11 is 0. The second-order valence-corrected chi connectivity index (χ2v) is 10.1. The first-order chi connectivity index (χ1) is 17.3. The lowest BCUT2D eigenvalue weighted by atomic mass is 9.68. The van der Waals surface area contributed by atoms with Gasteiger partial charge in [-0.15, -0.1) is 0 Å². The summed E-state index contributed by atoms with van der Waals surface area (Å²) in [5.74, 6) is 0.668. The van der Waals surface area contributed by atoms with E-state index in [0.717, 1.165) is 45.2 Å². The molecule has 0 bridgehead atoms. The Balaban J connectivity index is 1.60. The lowest BCUT2D eigenvalue weighted by molar-refractivity contribution is -0.145. The number of ether oxygens (including phenoxy) is 3. The largest absolute Gasteiger partial charge is 0.493 e. The molecule has 3 aromatic carbocycles. The van der Waals surface area contributed by atoms with E-state index in [1.165, 1.54) is 0 Å². The molecule has 0 radical (unpaired) electrons. The summed E-state index contributed by atoms with van der Waals surface area (Å²) < 4.78 is 16.2. The van der Waals surface area contributed by atoms with E-state index >= 15 is 0 Å². The Morgan fingerprint density at radius 2 is 1.86 bits per heavy atom. The van der Waals surface area contributed by atoms with Gasteiger partial charge in [0.05, 0.1) is 19.8 Å². The number of carbonyl (C=O) groups is 2. The fourth-order valence-corrected chi connectivity index (χ4v) is 5.41. The molecule has 1 aliphatic heterocycles. The highest BCUT2D eigenvalue weighted by molar-refractivity contribution is 6.12. The number of allylic oxidation sites excluding steroid dienone is 1. The third-order valence-electron chi connectivity index (χ3n) is 6.91. The smallest absolute Gasteiger partial charge is 0.344 e. The van der Waals surface area contributed by atoms with Crippen LogP contribution in [-0.2, 0) is 14.3 Å². The van der Waals surface area contributed by atoms with E-state index in [4.69, 9.17) is 14.2 Å². The summed E-state index contributed by atoms with van der Waals surface area (Å²) in [5, 5.41) is 5.96. The van der Waals surface area contributed by atoms with Gasteiger partial charge >= 0.3 is 5.97 Å². The first-order valence-corrected chi connectivity index (χ1v) is 12.3. The molecule has 3 aromatic rings. The van der Waals surface area contributed by atoms with E-state index in [-0.39, 0.29) is 23.8 Å². The van der Waals surface area contributed by atoms with Crippen LogP contribution in [0.1, 0.15) is 50.8 Å². The van der Waals surface area contributed by atoms with Gasteiger partial charge in [0.1, 0.15) is 0 Å². The van der Waals surface area contributed by atoms with Gasteiger partial charge in [-0.05, 0) is 58.9 Å². The van der Waals surface area contributed by atoms with Crippen molar-refractivity contribution in [2.75, 3.05) is 25.6 Å². The van der Waals surface area contributed by atoms with Crippen molar-refractivity contribution >= 4 is 33.8 Å². The van der Waals surface area contributed by atoms with Crippen LogP contribution in [0.5, 0.6) is 11.5 Å². The predicted octanol–water partition coefficient (Wildman–Crippen LogP) is 6.10. The van der Waals surface area contributed by atoms with E-state index in [9.17, 15) is 9.59 Å². The number of ketones is 1. The molecule has 0 spiro atoms. The van der Waals surface area contributed by atoms with Gasteiger partial charge in [-0.2, -0.15) is 0 Å². The minimum atomic E-state index is -0.438. The molecule has 2 aliphatic rings. The standard InChI is InChI=1S/C30H31NO5/c1-5-35-26(33)17-36-24-13-11-19(14-25(24)34-4)29-28-21(15-30(2,3)16-23(28)32)27-20-9-7-6-8-18(20)10-12-22(27)31-29/h6-14,29,31H,5,15-17H2,1-4H3. The fourth-order valence-electron chi connectivity index (χ4n) is 5.41. The molecule has 0 fully saturated rings. The van der Waals surface area contributed by atoms with Gasteiger partial charge in [-0.3, -0.25) is 4.79 Å². The van der Waals surface area contributed by atoms with E-state index < -0.39 is 5.97 Å². The number of anilines is 1. The van der Waals surface area contributed by atoms with Crippen LogP contribution < -0.4 is 14.8 Å². The molecule has 1 heterocycles. The van der Waals surface area contributed by atoms with Crippen molar-refractivity contribution in [3.63, 3.8) is 0 Å². The van der Waals surface area contributed by atoms with Crippen molar-refractivity contribution in [2.24, 2.45) is 5.41 Å². The Morgan fingerprint density at radius 3 is 2.64 bits per heavy atom. The van der Waals surface area contributed by atoms with E-state index in [1.807, 2.05) is 24.3 Å². The van der Waals surface area contributed by atoms with E-state index in [1.54, 1.807) is 20.1 Å². The molecule has 5 rings (SSSR count). The third kappa shape index (κ3) is 4.32. The lowest BCUT2D eigenvalue weighted by Crippen LogP contribution is -2.33. The van der Waals surface area contributed by atoms with E-state index in [0.29, 0.717) is 24.5 Å². The van der Waals surface area contributed by atoms with Crippen molar-refractivity contribution in [1.82, 2.24) is 0 Å². The number of fused-ring (bicyclic) bond motifs is 4. The maximum Gasteiger partial charge on any atom is 0.344 e. The highest BCUT2D eigenvalue weighted by atomic mass is 16.6. The second-order valence-electron chi connectivity index (χ2n) is 10.1. The van der Waals surface area contributed by atoms with Gasteiger partial charge in [0.15, 0.2) is 23.9 Å². The number of hydrogen-bond acceptors (Lipinski definition) is 6. The zero-order valence-electron chi connectivity index (χ0n) is 21.1. The molecule has 0 saturated carbocycles. The molecule has 0 aromatic heterocycles. The molecular formula is C30H31NO5. The van der Waals surface area contributed by atoms with Crippen molar-refractivity contribution < 1.29 is 23.8 Å². The number of methoxy groups -OCH3 is 1. The number of nitrogens with one attached hydrogen (secondary N) is 1. The number of carbonyl (C=O) groups excluding carboxylic acids is 2. The van der Waals surface area contributed by atoms with Crippen LogP contribution in [0.25, 0.3) is 16.3 Å². The molecule has 186 valence electrons. The normalized spacial score (nSPS) is 18.2. The molecular weight excluding hydrogens is 454 g/mol. The predicted molar refractivity (Wildman–Crippen MR) is 140 cm³/mol. The maximum absolute atomic E-state index is 13.6. The molecule has 0 saturated heterocycles. The Kier molecular flexibility index (Phi) is 6.20. The first-order valence-electron chi connectivity index (χ1n) is 12.3. The Hall–Kier alpha value is -3.80. The van der Waals surface area contributed by atoms with Gasteiger partial charge in [-0.1, -0.05) is 50.2 Å². The molecule has 1 N–H and O–H groups in total. The Labute approximate surface area is 211 Å². The van der Waals surface area contributed by atoms with Crippen LogP contribution in [-0.4, -0.2) is 32.1 Å². The van der Waals surface area contributed by atoms with Gasteiger partial charge < -0.3 is 19.5 Å². The van der Waals surface area contributed by atoms with Crippen LogP contribution in [0.4, 0.5) is 5.69 Å². The zero-order chi connectivity index (χ0) is 25.4. The topological polar surface area (TPSA) is 73.9 Å². The van der Waals surface area contributed by atoms with Gasteiger partial charge in [0, 0.05) is 23.2 Å². The number of rotatable bonds is 6. The summed E-state index contributed by atoms with van der Waals surface area (Å²) in [4.78, 5) is 25.4. The second kappa shape index (κ2) is 9.34.